The van der Waals surface area contributed by atoms with E-state index in [2.05, 4.69) is 33.0 Å². The lowest BCUT2D eigenvalue weighted by atomic mass is 9.83. The summed E-state index contributed by atoms with van der Waals surface area (Å²) in [6.45, 7) is 13.2. The van der Waals surface area contributed by atoms with Gasteiger partial charge in [-0.25, -0.2) is 0 Å². The van der Waals surface area contributed by atoms with Crippen LogP contribution in [-0.2, 0) is 4.74 Å². The van der Waals surface area contributed by atoms with Gasteiger partial charge in [0, 0.05) is 19.8 Å². The van der Waals surface area contributed by atoms with Gasteiger partial charge in [-0.3, -0.25) is 0 Å². The summed E-state index contributed by atoms with van der Waals surface area (Å²) in [6, 6.07) is 0. The summed E-state index contributed by atoms with van der Waals surface area (Å²) in [5.41, 5.74) is 0.534. The van der Waals surface area contributed by atoms with Crippen molar-refractivity contribution < 1.29 is 4.74 Å². The minimum atomic E-state index is 0.534. The van der Waals surface area contributed by atoms with E-state index >= 15 is 0 Å². The van der Waals surface area contributed by atoms with Gasteiger partial charge in [0.05, 0.1) is 0 Å². The Morgan fingerprint density at radius 1 is 1.06 bits per heavy atom. The highest BCUT2D eigenvalue weighted by Gasteiger charge is 2.32. The second-order valence-corrected chi connectivity index (χ2v) is 6.95. The monoisotopic (exact) mass is 255 g/mol. The molecule has 0 saturated heterocycles. The van der Waals surface area contributed by atoms with Crippen LogP contribution in [0.3, 0.4) is 0 Å². The lowest BCUT2D eigenvalue weighted by molar-refractivity contribution is 0.0766. The van der Waals surface area contributed by atoms with Crippen LogP contribution >= 0.6 is 0 Å². The Morgan fingerprint density at radius 2 is 1.72 bits per heavy atom. The van der Waals surface area contributed by atoms with E-state index in [1.54, 1.807) is 0 Å². The van der Waals surface area contributed by atoms with Crippen molar-refractivity contribution in [1.82, 2.24) is 5.32 Å². The van der Waals surface area contributed by atoms with Crippen molar-refractivity contribution in [2.24, 2.45) is 17.3 Å². The second kappa shape index (κ2) is 8.16. The first-order valence-corrected chi connectivity index (χ1v) is 7.82. The van der Waals surface area contributed by atoms with Gasteiger partial charge in [0.15, 0.2) is 0 Å². The minimum Gasteiger partial charge on any atom is -0.381 e. The van der Waals surface area contributed by atoms with E-state index in [1.807, 2.05) is 0 Å². The van der Waals surface area contributed by atoms with Crippen LogP contribution in [0.25, 0.3) is 0 Å². The summed E-state index contributed by atoms with van der Waals surface area (Å²) in [7, 11) is 0. The topological polar surface area (TPSA) is 21.3 Å². The Kier molecular flexibility index (Phi) is 7.25. The standard InChI is InChI=1S/C16H33NO/c1-14(2)11-17-13-16(7-5-6-8-16)9-10-18-12-15(3)4/h14-15,17H,5-13H2,1-4H3. The molecule has 108 valence electrons. The Morgan fingerprint density at radius 3 is 2.28 bits per heavy atom. The van der Waals surface area contributed by atoms with E-state index < -0.39 is 0 Å². The van der Waals surface area contributed by atoms with Gasteiger partial charge < -0.3 is 10.1 Å². The summed E-state index contributed by atoms with van der Waals surface area (Å²) >= 11 is 0. The predicted molar refractivity (Wildman–Crippen MR) is 78.9 cm³/mol. The van der Waals surface area contributed by atoms with Gasteiger partial charge in [-0.05, 0) is 43.1 Å². The zero-order chi connectivity index (χ0) is 13.4. The molecule has 0 atom stereocenters. The van der Waals surface area contributed by atoms with Gasteiger partial charge in [-0.15, -0.1) is 0 Å². The molecule has 1 aliphatic carbocycles. The van der Waals surface area contributed by atoms with Crippen LogP contribution in [0.2, 0.25) is 0 Å². The van der Waals surface area contributed by atoms with Crippen LogP contribution in [-0.4, -0.2) is 26.3 Å². The van der Waals surface area contributed by atoms with E-state index in [4.69, 9.17) is 4.74 Å². The van der Waals surface area contributed by atoms with Crippen molar-refractivity contribution in [2.75, 3.05) is 26.3 Å². The summed E-state index contributed by atoms with van der Waals surface area (Å²) in [5.74, 6) is 1.41. The summed E-state index contributed by atoms with van der Waals surface area (Å²) in [5, 5.41) is 3.66. The maximum atomic E-state index is 5.78. The number of rotatable bonds is 9. The Balaban J connectivity index is 2.24. The third kappa shape index (κ3) is 6.19. The lowest BCUT2D eigenvalue weighted by Crippen LogP contribution is -2.35. The molecule has 2 heteroatoms. The molecule has 1 aliphatic rings. The van der Waals surface area contributed by atoms with Gasteiger partial charge in [-0.2, -0.15) is 0 Å². The van der Waals surface area contributed by atoms with Crippen molar-refractivity contribution in [2.45, 2.75) is 59.8 Å². The van der Waals surface area contributed by atoms with Crippen LogP contribution in [0.5, 0.6) is 0 Å². The molecule has 0 aromatic rings. The van der Waals surface area contributed by atoms with E-state index in [9.17, 15) is 0 Å². The number of hydrogen-bond acceptors (Lipinski definition) is 2. The maximum absolute atomic E-state index is 5.78. The summed E-state index contributed by atoms with van der Waals surface area (Å²) < 4.78 is 5.78. The largest absolute Gasteiger partial charge is 0.381 e. The minimum absolute atomic E-state index is 0.534. The molecular formula is C16H33NO. The van der Waals surface area contributed by atoms with E-state index in [0.717, 1.165) is 25.7 Å². The van der Waals surface area contributed by atoms with Crippen molar-refractivity contribution in [3.8, 4) is 0 Å². The molecule has 1 rings (SSSR count). The quantitative estimate of drug-likeness (QED) is 0.632. The highest BCUT2D eigenvalue weighted by molar-refractivity contribution is 4.86. The zero-order valence-corrected chi connectivity index (χ0v) is 12.9. The first-order valence-electron chi connectivity index (χ1n) is 7.82. The van der Waals surface area contributed by atoms with Gasteiger partial charge in [0.2, 0.25) is 0 Å². The van der Waals surface area contributed by atoms with E-state index in [-0.39, 0.29) is 0 Å². The first-order chi connectivity index (χ1) is 8.54. The maximum Gasteiger partial charge on any atom is 0.0488 e. The Hall–Kier alpha value is -0.0800. The molecule has 0 heterocycles. The fraction of sp³-hybridized carbons (Fsp3) is 1.00. The van der Waals surface area contributed by atoms with Crippen LogP contribution in [0.4, 0.5) is 0 Å². The molecule has 18 heavy (non-hydrogen) atoms. The summed E-state index contributed by atoms with van der Waals surface area (Å²) in [4.78, 5) is 0. The van der Waals surface area contributed by atoms with Crippen LogP contribution in [0, 0.1) is 17.3 Å². The van der Waals surface area contributed by atoms with Gasteiger partial charge >= 0.3 is 0 Å². The fourth-order valence-electron chi connectivity index (χ4n) is 2.87. The molecular weight excluding hydrogens is 222 g/mol. The molecule has 0 radical (unpaired) electrons. The molecule has 2 nitrogen and oxygen atoms in total. The van der Waals surface area contributed by atoms with Crippen LogP contribution in [0.1, 0.15) is 59.8 Å². The van der Waals surface area contributed by atoms with Crippen LogP contribution in [0.15, 0.2) is 0 Å². The van der Waals surface area contributed by atoms with E-state index in [0.29, 0.717) is 11.3 Å². The number of ether oxygens (including phenoxy) is 1. The molecule has 1 N–H and O–H groups in total. The van der Waals surface area contributed by atoms with Crippen molar-refractivity contribution >= 4 is 0 Å². The number of hydrogen-bond donors (Lipinski definition) is 1. The lowest BCUT2D eigenvalue weighted by Gasteiger charge is -2.30. The number of nitrogens with one attached hydrogen (secondary N) is 1. The Labute approximate surface area is 114 Å². The van der Waals surface area contributed by atoms with Crippen LogP contribution < -0.4 is 5.32 Å². The van der Waals surface area contributed by atoms with Crippen molar-refractivity contribution in [3.63, 3.8) is 0 Å². The van der Waals surface area contributed by atoms with E-state index in [1.165, 1.54) is 38.6 Å². The van der Waals surface area contributed by atoms with Gasteiger partial charge in [-0.1, -0.05) is 40.5 Å². The molecule has 0 amide bonds. The smallest absolute Gasteiger partial charge is 0.0488 e. The molecule has 0 aromatic heterocycles. The van der Waals surface area contributed by atoms with Gasteiger partial charge in [0.25, 0.3) is 0 Å². The van der Waals surface area contributed by atoms with Crippen molar-refractivity contribution in [1.29, 1.82) is 0 Å². The van der Waals surface area contributed by atoms with Crippen molar-refractivity contribution in [3.05, 3.63) is 0 Å². The normalized spacial score (nSPS) is 19.0. The average molecular weight is 255 g/mol. The predicted octanol–water partition coefficient (Wildman–Crippen LogP) is 3.86. The third-order valence-corrected chi connectivity index (χ3v) is 3.94. The highest BCUT2D eigenvalue weighted by Crippen LogP contribution is 2.40. The molecule has 0 unspecified atom stereocenters. The SMILES string of the molecule is CC(C)CNCC1(CCOCC(C)C)CCCC1. The average Bonchev–Trinajstić information content (AvgIpc) is 2.73. The molecule has 1 saturated carbocycles. The zero-order valence-electron chi connectivity index (χ0n) is 12.9. The van der Waals surface area contributed by atoms with Gasteiger partial charge in [0.1, 0.15) is 0 Å². The Bertz CT molecular complexity index is 207. The molecule has 0 spiro atoms. The third-order valence-electron chi connectivity index (χ3n) is 3.94. The highest BCUT2D eigenvalue weighted by atomic mass is 16.5. The molecule has 0 aliphatic heterocycles. The molecule has 0 aromatic carbocycles. The molecule has 0 bridgehead atoms. The fourth-order valence-corrected chi connectivity index (χ4v) is 2.87. The molecule has 1 fully saturated rings. The second-order valence-electron chi connectivity index (χ2n) is 6.95. The first kappa shape index (κ1) is 16.0. The summed E-state index contributed by atoms with van der Waals surface area (Å²) in [6.07, 6.45) is 6.85.